The van der Waals surface area contributed by atoms with Crippen LogP contribution in [0.2, 0.25) is 0 Å². The second kappa shape index (κ2) is 9.06. The predicted molar refractivity (Wildman–Crippen MR) is 122 cm³/mol. The van der Waals surface area contributed by atoms with Gasteiger partial charge in [-0.3, -0.25) is 0 Å². The second-order valence-electron chi connectivity index (χ2n) is 8.80. The zero-order valence-corrected chi connectivity index (χ0v) is 19.0. The van der Waals surface area contributed by atoms with Gasteiger partial charge in [-0.05, 0) is 55.0 Å². The van der Waals surface area contributed by atoms with Crippen LogP contribution in [0, 0.1) is 0 Å². The number of hydrogen-bond acceptors (Lipinski definition) is 5. The van der Waals surface area contributed by atoms with Crippen LogP contribution in [0.1, 0.15) is 44.6 Å². The Balaban J connectivity index is 1.59. The summed E-state index contributed by atoms with van der Waals surface area (Å²) in [7, 11) is 1.70. The van der Waals surface area contributed by atoms with Crippen LogP contribution < -0.4 is 14.5 Å². The molecule has 1 atom stereocenters. The molecule has 0 bridgehead atoms. The van der Waals surface area contributed by atoms with Gasteiger partial charge in [-0.2, -0.15) is 0 Å². The minimum atomic E-state index is -0.129. The lowest BCUT2D eigenvalue weighted by Gasteiger charge is -2.38. The summed E-state index contributed by atoms with van der Waals surface area (Å²) in [6.45, 7) is 10.6. The van der Waals surface area contributed by atoms with E-state index in [1.807, 2.05) is 16.8 Å². The number of anilines is 1. The normalized spacial score (nSPS) is 16.3. The van der Waals surface area contributed by atoms with Crippen molar-refractivity contribution in [3.8, 4) is 5.75 Å². The average Bonchev–Trinajstić information content (AvgIpc) is 3.31. The summed E-state index contributed by atoms with van der Waals surface area (Å²) < 4.78 is 7.33. The zero-order chi connectivity index (χ0) is 21.8. The largest absolute Gasteiger partial charge is 0.497 e. The van der Waals surface area contributed by atoms with Crippen molar-refractivity contribution in [3.05, 3.63) is 66.0 Å². The summed E-state index contributed by atoms with van der Waals surface area (Å²) in [5.74, 6) is 1.84. The molecule has 2 aromatic carbocycles. The number of tetrazole rings is 1. The van der Waals surface area contributed by atoms with Crippen molar-refractivity contribution in [3.63, 3.8) is 0 Å². The van der Waals surface area contributed by atoms with Crippen molar-refractivity contribution >= 4 is 5.69 Å². The minimum absolute atomic E-state index is 0.111. The molecule has 0 aliphatic carbocycles. The molecule has 7 nitrogen and oxygen atoms in total. The maximum absolute atomic E-state index is 5.30. The first-order valence-electron chi connectivity index (χ1n) is 11.1. The quantitative estimate of drug-likeness (QED) is 0.635. The molecule has 3 aromatic rings. The van der Waals surface area contributed by atoms with Crippen molar-refractivity contribution in [2.45, 2.75) is 38.8 Å². The molecule has 0 amide bonds. The lowest BCUT2D eigenvalue weighted by Crippen LogP contribution is -3.15. The van der Waals surface area contributed by atoms with E-state index in [9.17, 15) is 0 Å². The Bertz CT molecular complexity index is 961. The third-order valence-corrected chi connectivity index (χ3v) is 6.57. The molecule has 7 heteroatoms. The minimum Gasteiger partial charge on any atom is -0.497 e. The number of methoxy groups -OCH3 is 1. The molecule has 0 spiro atoms. The van der Waals surface area contributed by atoms with Crippen molar-refractivity contribution < 1.29 is 9.64 Å². The number of piperazine rings is 1. The standard InChI is InChI=1S/C24H32N6O/c1-5-24(2,3)30-23(25-26-27-30)22(19-9-7-6-8-10-19)29-17-15-28(16-18-29)20-11-13-21(31-4)14-12-20/h6-14,22H,5,15-18H2,1-4H3/p+1/t22-/m0/s1. The van der Waals surface area contributed by atoms with E-state index in [4.69, 9.17) is 4.74 Å². The van der Waals surface area contributed by atoms with Crippen molar-refractivity contribution in [1.82, 2.24) is 20.2 Å². The Hall–Kier alpha value is -2.93. The van der Waals surface area contributed by atoms with E-state index in [0.29, 0.717) is 0 Å². The van der Waals surface area contributed by atoms with Gasteiger partial charge in [-0.1, -0.05) is 37.3 Å². The summed E-state index contributed by atoms with van der Waals surface area (Å²) in [4.78, 5) is 3.95. The number of rotatable bonds is 7. The first kappa shape index (κ1) is 21.3. The van der Waals surface area contributed by atoms with Gasteiger partial charge < -0.3 is 14.5 Å². The highest BCUT2D eigenvalue weighted by Gasteiger charge is 2.37. The summed E-state index contributed by atoms with van der Waals surface area (Å²) in [6.07, 6.45) is 0.965. The lowest BCUT2D eigenvalue weighted by molar-refractivity contribution is -0.927. The summed E-state index contributed by atoms with van der Waals surface area (Å²) in [5.41, 5.74) is 2.38. The van der Waals surface area contributed by atoms with Crippen LogP contribution in [-0.4, -0.2) is 53.5 Å². The molecule has 0 unspecified atom stereocenters. The Morgan fingerprint density at radius 2 is 1.71 bits per heavy atom. The molecule has 31 heavy (non-hydrogen) atoms. The first-order valence-corrected chi connectivity index (χ1v) is 11.1. The van der Waals surface area contributed by atoms with E-state index in [1.165, 1.54) is 16.2 Å². The smallest absolute Gasteiger partial charge is 0.214 e. The average molecular weight is 422 g/mol. The van der Waals surface area contributed by atoms with Crippen molar-refractivity contribution in [2.75, 3.05) is 38.2 Å². The highest BCUT2D eigenvalue weighted by atomic mass is 16.5. The fourth-order valence-electron chi connectivity index (χ4n) is 4.30. The maximum atomic E-state index is 5.30. The van der Waals surface area contributed by atoms with Gasteiger partial charge in [0.05, 0.1) is 38.8 Å². The number of aromatic nitrogens is 4. The number of ether oxygens (including phenoxy) is 1. The van der Waals surface area contributed by atoms with E-state index in [-0.39, 0.29) is 11.6 Å². The Labute approximate surface area is 184 Å². The molecule has 1 aromatic heterocycles. The van der Waals surface area contributed by atoms with E-state index in [1.54, 1.807) is 7.11 Å². The van der Waals surface area contributed by atoms with Crippen LogP contribution in [0.3, 0.4) is 0 Å². The molecule has 1 fully saturated rings. The monoisotopic (exact) mass is 421 g/mol. The van der Waals surface area contributed by atoms with Gasteiger partial charge in [0.2, 0.25) is 5.82 Å². The van der Waals surface area contributed by atoms with Crippen LogP contribution in [0.15, 0.2) is 54.6 Å². The van der Waals surface area contributed by atoms with Gasteiger partial charge in [-0.25, -0.2) is 4.68 Å². The van der Waals surface area contributed by atoms with Crippen LogP contribution >= 0.6 is 0 Å². The molecule has 0 radical (unpaired) electrons. The number of nitrogens with one attached hydrogen (secondary N) is 1. The molecule has 164 valence electrons. The third kappa shape index (κ3) is 4.42. The fraction of sp³-hybridized carbons (Fsp3) is 0.458. The SMILES string of the molecule is CCC(C)(C)n1nnnc1[C@H](c1ccccc1)[NH+]1CCN(c2ccc(OC)cc2)CC1. The zero-order valence-electron chi connectivity index (χ0n) is 19.0. The van der Waals surface area contributed by atoms with E-state index >= 15 is 0 Å². The Morgan fingerprint density at radius 1 is 1.03 bits per heavy atom. The molecule has 2 heterocycles. The molecule has 1 aliphatic rings. The molecule has 0 saturated carbocycles. The lowest BCUT2D eigenvalue weighted by atomic mass is 9.99. The van der Waals surface area contributed by atoms with E-state index < -0.39 is 0 Å². The Morgan fingerprint density at radius 3 is 2.32 bits per heavy atom. The Kier molecular flexibility index (Phi) is 6.23. The molecule has 1 N–H and O–H groups in total. The van der Waals surface area contributed by atoms with Crippen molar-refractivity contribution in [1.29, 1.82) is 0 Å². The van der Waals surface area contributed by atoms with E-state index in [0.717, 1.165) is 44.2 Å². The summed E-state index contributed by atoms with van der Waals surface area (Å²) >= 11 is 0. The van der Waals surface area contributed by atoms with Crippen LogP contribution in [0.5, 0.6) is 5.75 Å². The van der Waals surface area contributed by atoms with Gasteiger partial charge in [0, 0.05) is 11.3 Å². The molecule has 1 aliphatic heterocycles. The second-order valence-corrected chi connectivity index (χ2v) is 8.80. The molecule has 4 rings (SSSR count). The number of hydrogen-bond donors (Lipinski definition) is 1. The first-order chi connectivity index (χ1) is 15.0. The van der Waals surface area contributed by atoms with Crippen LogP contribution in [0.25, 0.3) is 0 Å². The summed E-state index contributed by atoms with van der Waals surface area (Å²) in [6, 6.07) is 19.1. The van der Waals surface area contributed by atoms with Crippen LogP contribution in [0.4, 0.5) is 5.69 Å². The van der Waals surface area contributed by atoms with E-state index in [2.05, 4.69) is 83.7 Å². The predicted octanol–water partition coefficient (Wildman–Crippen LogP) is 2.32. The van der Waals surface area contributed by atoms with Gasteiger partial charge in [0.1, 0.15) is 5.75 Å². The van der Waals surface area contributed by atoms with Crippen molar-refractivity contribution in [2.24, 2.45) is 0 Å². The third-order valence-electron chi connectivity index (χ3n) is 6.57. The molecular weight excluding hydrogens is 388 g/mol. The highest BCUT2D eigenvalue weighted by molar-refractivity contribution is 5.49. The van der Waals surface area contributed by atoms with Gasteiger partial charge >= 0.3 is 0 Å². The van der Waals surface area contributed by atoms with Gasteiger partial charge in [0.15, 0.2) is 6.04 Å². The summed E-state index contributed by atoms with van der Waals surface area (Å²) in [5, 5.41) is 13.0. The van der Waals surface area contributed by atoms with Gasteiger partial charge in [-0.15, -0.1) is 5.10 Å². The van der Waals surface area contributed by atoms with Crippen LogP contribution in [-0.2, 0) is 5.54 Å². The number of benzene rings is 2. The topological polar surface area (TPSA) is 60.5 Å². The maximum Gasteiger partial charge on any atom is 0.214 e. The number of quaternary nitrogens is 1. The fourth-order valence-corrected chi connectivity index (χ4v) is 4.30. The molecule has 1 saturated heterocycles. The highest BCUT2D eigenvalue weighted by Crippen LogP contribution is 2.25. The molecular formula is C24H33N6O+. The number of nitrogens with zero attached hydrogens (tertiary/aromatic N) is 5. The van der Waals surface area contributed by atoms with Gasteiger partial charge in [0.25, 0.3) is 0 Å².